The van der Waals surface area contributed by atoms with Gasteiger partial charge in [-0.3, -0.25) is 25.0 Å². The van der Waals surface area contributed by atoms with Gasteiger partial charge in [0.25, 0.3) is 17.3 Å². The molecule has 0 spiro atoms. The van der Waals surface area contributed by atoms with Gasteiger partial charge in [0.15, 0.2) is 11.5 Å². The minimum Gasteiger partial charge on any atom is -0.322 e. The number of amides is 1. The number of hydrogen-bond acceptors (Lipinski definition) is 9. The van der Waals surface area contributed by atoms with Gasteiger partial charge in [0.2, 0.25) is 0 Å². The summed E-state index contributed by atoms with van der Waals surface area (Å²) in [6, 6.07) is 17.0. The molecular weight excluding hydrogens is 474 g/mol. The number of nitrogens with zero attached hydrogens (tertiary/aromatic N) is 6. The first-order valence-electron chi connectivity index (χ1n) is 10.0. The summed E-state index contributed by atoms with van der Waals surface area (Å²) >= 11 is 1.53. The van der Waals surface area contributed by atoms with Gasteiger partial charge in [-0.25, -0.2) is 0 Å². The summed E-state index contributed by atoms with van der Waals surface area (Å²) in [4.78, 5) is 34.1. The molecule has 0 saturated carbocycles. The number of benzene rings is 2. The lowest BCUT2D eigenvalue weighted by Crippen LogP contribution is -2.12. The van der Waals surface area contributed by atoms with Gasteiger partial charge in [0.1, 0.15) is 0 Å². The quantitative estimate of drug-likeness (QED) is 0.269. The number of carbonyl (C=O) groups excluding carboxylic acids is 1. The smallest absolute Gasteiger partial charge is 0.277 e. The van der Waals surface area contributed by atoms with E-state index in [1.54, 1.807) is 40.9 Å². The van der Waals surface area contributed by atoms with E-state index in [0.29, 0.717) is 22.9 Å². The SMILES string of the molecule is O=C(Nc1ccc(-c2ccc3nnc(-c4cccs4)n3n2)cc1)c1cc([N+](=O)[O-])cc([N+](=O)[O-])c1. The van der Waals surface area contributed by atoms with Crippen molar-refractivity contribution in [2.75, 3.05) is 5.32 Å². The number of thiophene rings is 1. The lowest BCUT2D eigenvalue weighted by molar-refractivity contribution is -0.394. The Morgan fingerprint density at radius 3 is 2.26 bits per heavy atom. The van der Waals surface area contributed by atoms with E-state index in [1.165, 1.54) is 11.3 Å². The molecule has 5 aromatic rings. The summed E-state index contributed by atoms with van der Waals surface area (Å²) in [7, 11) is 0. The number of non-ortho nitro benzene ring substituents is 2. The first kappa shape index (κ1) is 21.8. The highest BCUT2D eigenvalue weighted by Gasteiger charge is 2.20. The maximum absolute atomic E-state index is 12.6. The van der Waals surface area contributed by atoms with E-state index in [9.17, 15) is 25.0 Å². The van der Waals surface area contributed by atoms with Gasteiger partial charge >= 0.3 is 0 Å². The number of rotatable bonds is 6. The van der Waals surface area contributed by atoms with E-state index in [0.717, 1.165) is 28.6 Å². The summed E-state index contributed by atoms with van der Waals surface area (Å²) in [5, 5.41) is 39.7. The molecule has 0 atom stereocenters. The average molecular weight is 487 g/mol. The van der Waals surface area contributed by atoms with Crippen LogP contribution < -0.4 is 5.32 Å². The van der Waals surface area contributed by atoms with Crippen molar-refractivity contribution in [2.45, 2.75) is 0 Å². The zero-order valence-corrected chi connectivity index (χ0v) is 18.4. The van der Waals surface area contributed by atoms with Gasteiger partial charge in [0, 0.05) is 23.4 Å². The molecule has 5 rings (SSSR count). The van der Waals surface area contributed by atoms with Crippen LogP contribution >= 0.6 is 11.3 Å². The normalized spacial score (nSPS) is 10.9. The number of fused-ring (bicyclic) bond motifs is 1. The number of carbonyl (C=O) groups is 1. The van der Waals surface area contributed by atoms with E-state index >= 15 is 0 Å². The van der Waals surface area contributed by atoms with Crippen LogP contribution in [0.25, 0.3) is 27.6 Å². The molecule has 3 heterocycles. The predicted octanol–water partition coefficient (Wildman–Crippen LogP) is 4.59. The number of aromatic nitrogens is 4. The molecular formula is C22H13N7O5S. The second-order valence-corrected chi connectivity index (χ2v) is 8.22. The second-order valence-electron chi connectivity index (χ2n) is 7.27. The van der Waals surface area contributed by atoms with Crippen molar-refractivity contribution in [2.24, 2.45) is 0 Å². The maximum Gasteiger partial charge on any atom is 0.277 e. The van der Waals surface area contributed by atoms with Gasteiger partial charge in [0.05, 0.1) is 32.0 Å². The number of hydrogen-bond donors (Lipinski definition) is 1. The Bertz CT molecular complexity index is 1560. The summed E-state index contributed by atoms with van der Waals surface area (Å²) in [6.07, 6.45) is 0. The third-order valence-corrected chi connectivity index (χ3v) is 5.90. The zero-order chi connectivity index (χ0) is 24.5. The number of nitro groups is 2. The molecule has 0 aliphatic rings. The van der Waals surface area contributed by atoms with Crippen LogP contribution in [0.15, 0.2) is 72.1 Å². The van der Waals surface area contributed by atoms with E-state index in [-0.39, 0.29) is 5.56 Å². The van der Waals surface area contributed by atoms with Crippen LogP contribution in [0.5, 0.6) is 0 Å². The molecule has 0 bridgehead atoms. The molecule has 3 aromatic heterocycles. The minimum atomic E-state index is -0.790. The Balaban J connectivity index is 1.39. The highest BCUT2D eigenvalue weighted by molar-refractivity contribution is 7.13. The van der Waals surface area contributed by atoms with Crippen molar-refractivity contribution >= 4 is 40.0 Å². The van der Waals surface area contributed by atoms with Gasteiger partial charge in [-0.2, -0.15) is 9.61 Å². The largest absolute Gasteiger partial charge is 0.322 e. The topological polar surface area (TPSA) is 158 Å². The third-order valence-electron chi connectivity index (χ3n) is 5.03. The Morgan fingerprint density at radius 1 is 0.914 bits per heavy atom. The van der Waals surface area contributed by atoms with E-state index < -0.39 is 27.1 Å². The summed E-state index contributed by atoms with van der Waals surface area (Å²) in [5.41, 5.74) is 1.14. The molecule has 0 aliphatic carbocycles. The fraction of sp³-hybridized carbons (Fsp3) is 0. The van der Waals surface area contributed by atoms with Crippen molar-refractivity contribution in [3.05, 3.63) is 97.9 Å². The van der Waals surface area contributed by atoms with E-state index in [1.807, 2.05) is 17.5 Å². The highest BCUT2D eigenvalue weighted by Crippen LogP contribution is 2.26. The fourth-order valence-electron chi connectivity index (χ4n) is 3.37. The van der Waals surface area contributed by atoms with Crippen LogP contribution in [0.1, 0.15) is 10.4 Å². The maximum atomic E-state index is 12.6. The molecule has 13 heteroatoms. The number of nitro benzene ring substituents is 2. The lowest BCUT2D eigenvalue weighted by atomic mass is 10.1. The first-order chi connectivity index (χ1) is 16.9. The number of nitrogens with one attached hydrogen (secondary N) is 1. The zero-order valence-electron chi connectivity index (χ0n) is 17.6. The van der Waals surface area contributed by atoms with E-state index in [2.05, 4.69) is 20.6 Å². The first-order valence-corrected chi connectivity index (χ1v) is 10.9. The molecule has 1 N–H and O–H groups in total. The minimum absolute atomic E-state index is 0.198. The Labute approximate surface area is 199 Å². The fourth-order valence-corrected chi connectivity index (χ4v) is 4.06. The molecule has 0 aliphatic heterocycles. The molecule has 2 aromatic carbocycles. The predicted molar refractivity (Wildman–Crippen MR) is 127 cm³/mol. The summed E-state index contributed by atoms with van der Waals surface area (Å²) < 4.78 is 1.66. The van der Waals surface area contributed by atoms with Gasteiger partial charge in [-0.1, -0.05) is 18.2 Å². The average Bonchev–Trinajstić information content (AvgIpc) is 3.53. The molecule has 0 fully saturated rings. The Morgan fingerprint density at radius 2 is 1.63 bits per heavy atom. The van der Waals surface area contributed by atoms with Crippen molar-refractivity contribution in [1.29, 1.82) is 0 Å². The van der Waals surface area contributed by atoms with Gasteiger partial charge in [-0.15, -0.1) is 21.5 Å². The van der Waals surface area contributed by atoms with Crippen LogP contribution in [0.3, 0.4) is 0 Å². The van der Waals surface area contributed by atoms with Crippen LogP contribution in [0, 0.1) is 20.2 Å². The van der Waals surface area contributed by atoms with Crippen LogP contribution in [-0.2, 0) is 0 Å². The standard InChI is InChI=1S/C22H13N7O5S/c30-22(14-10-16(28(31)32)12-17(11-14)29(33)34)23-15-5-3-13(4-6-15)18-7-8-20-24-25-21(27(20)26-18)19-2-1-9-35-19/h1-12H,(H,23,30). The molecule has 12 nitrogen and oxygen atoms in total. The third kappa shape index (κ3) is 4.30. The van der Waals surface area contributed by atoms with Crippen LogP contribution in [-0.4, -0.2) is 35.6 Å². The van der Waals surface area contributed by atoms with Crippen LogP contribution in [0.4, 0.5) is 17.1 Å². The lowest BCUT2D eigenvalue weighted by Gasteiger charge is -2.07. The van der Waals surface area contributed by atoms with Crippen molar-refractivity contribution < 1.29 is 14.6 Å². The van der Waals surface area contributed by atoms with E-state index in [4.69, 9.17) is 0 Å². The number of anilines is 1. The molecule has 172 valence electrons. The molecule has 1 amide bonds. The molecule has 0 unspecified atom stereocenters. The Hall–Kier alpha value is -5.04. The molecule has 0 saturated heterocycles. The van der Waals surface area contributed by atoms with Crippen molar-refractivity contribution in [3.63, 3.8) is 0 Å². The van der Waals surface area contributed by atoms with Crippen molar-refractivity contribution in [1.82, 2.24) is 19.8 Å². The summed E-state index contributed by atoms with van der Waals surface area (Å²) in [6.45, 7) is 0. The van der Waals surface area contributed by atoms with Gasteiger partial charge < -0.3 is 5.32 Å². The van der Waals surface area contributed by atoms with Gasteiger partial charge in [-0.05, 0) is 35.7 Å². The Kier molecular flexibility index (Phi) is 5.43. The highest BCUT2D eigenvalue weighted by atomic mass is 32.1. The van der Waals surface area contributed by atoms with Crippen LogP contribution in [0.2, 0.25) is 0 Å². The molecule has 35 heavy (non-hydrogen) atoms. The molecule has 0 radical (unpaired) electrons. The summed E-state index contributed by atoms with van der Waals surface area (Å²) in [5.74, 6) is -0.0824. The second kappa shape index (κ2) is 8.72. The monoisotopic (exact) mass is 487 g/mol. The van der Waals surface area contributed by atoms with Crippen molar-refractivity contribution in [3.8, 4) is 22.0 Å².